The molecule has 0 aliphatic carbocycles. The number of nitrogens with zero attached hydrogens (tertiary/aromatic N) is 3. The summed E-state index contributed by atoms with van der Waals surface area (Å²) >= 11 is 0. The van der Waals surface area contributed by atoms with Crippen molar-refractivity contribution in [2.45, 2.75) is 75.5 Å². The number of carbonyl (C=O) groups is 1. The van der Waals surface area contributed by atoms with Crippen molar-refractivity contribution in [3.8, 4) is 11.5 Å². The number of nitro groups is 1. The fourth-order valence-corrected chi connectivity index (χ4v) is 7.28. The Kier molecular flexibility index (Phi) is 9.58. The summed E-state index contributed by atoms with van der Waals surface area (Å²) in [6, 6.07) is 17.4. The number of benzene rings is 3. The topological polar surface area (TPSA) is 116 Å². The number of non-ortho nitro benzene ring substituents is 1. The van der Waals surface area contributed by atoms with Crippen LogP contribution in [0.5, 0.6) is 11.5 Å². The number of halogens is 3. The molecule has 4 aromatic rings. The smallest absolute Gasteiger partial charge is 0.422 e. The van der Waals surface area contributed by atoms with E-state index in [4.69, 9.17) is 14.2 Å². The van der Waals surface area contributed by atoms with Gasteiger partial charge in [-0.25, -0.2) is 0 Å². The van der Waals surface area contributed by atoms with Crippen molar-refractivity contribution in [1.82, 2.24) is 9.47 Å². The number of aromatic nitrogens is 1. The molecule has 2 saturated heterocycles. The number of esters is 1. The molecule has 0 amide bonds. The number of rotatable bonds is 12. The first-order valence-corrected chi connectivity index (χ1v) is 16.3. The van der Waals surface area contributed by atoms with E-state index in [-0.39, 0.29) is 65.9 Å². The highest BCUT2D eigenvalue weighted by Crippen LogP contribution is 2.47. The molecule has 2 fully saturated rings. The summed E-state index contributed by atoms with van der Waals surface area (Å²) in [7, 11) is 1.50. The van der Waals surface area contributed by atoms with Crippen LogP contribution < -0.4 is 9.47 Å². The fourth-order valence-electron chi connectivity index (χ4n) is 7.28. The molecule has 10 nitrogen and oxygen atoms in total. The zero-order chi connectivity index (χ0) is 34.9. The average molecular weight is 682 g/mol. The first-order chi connectivity index (χ1) is 23.4. The van der Waals surface area contributed by atoms with E-state index in [1.807, 2.05) is 18.2 Å². The van der Waals surface area contributed by atoms with Crippen LogP contribution in [-0.2, 0) is 28.1 Å². The van der Waals surface area contributed by atoms with Crippen LogP contribution in [0.3, 0.4) is 0 Å². The zero-order valence-corrected chi connectivity index (χ0v) is 27.2. The molecule has 2 aliphatic heterocycles. The van der Waals surface area contributed by atoms with E-state index in [0.717, 1.165) is 5.56 Å². The van der Waals surface area contributed by atoms with Crippen LogP contribution in [0.25, 0.3) is 10.9 Å². The summed E-state index contributed by atoms with van der Waals surface area (Å²) in [5.74, 6) is 0.554. The minimum absolute atomic E-state index is 0.0803. The molecule has 6 rings (SSSR count). The molecular formula is C36H38F3N3O7. The van der Waals surface area contributed by atoms with Gasteiger partial charge < -0.3 is 23.9 Å². The number of hydrogen-bond donors (Lipinski definition) is 1. The summed E-state index contributed by atoms with van der Waals surface area (Å²) in [5.41, 5.74) is -2.13. The van der Waals surface area contributed by atoms with Gasteiger partial charge in [-0.15, -0.1) is 0 Å². The van der Waals surface area contributed by atoms with Gasteiger partial charge in [-0.2, -0.15) is 13.2 Å². The van der Waals surface area contributed by atoms with Gasteiger partial charge in [0.2, 0.25) is 5.60 Å². The standard InChI is InChI=1S/C36H38F3N3O7/c1-3-48-34(43)16-24-9-14-32(33(15-24)47-2)49-28-17-25-10-11-26(18-28)41(25)22-35(44,36(37,38)39)30-21-40(20-23-7-5-4-6-8-23)31-19-27(42(45)46)12-13-29(30)31/h4-9,12-15,19,21,25-26,28,44H,3,10-11,16-18,20,22H2,1-2H3/t25-,26+,28?,35?. The third-order valence-corrected chi connectivity index (χ3v) is 9.61. The summed E-state index contributed by atoms with van der Waals surface area (Å²) in [6.45, 7) is 1.49. The van der Waals surface area contributed by atoms with Gasteiger partial charge in [0.25, 0.3) is 5.69 Å². The molecule has 0 saturated carbocycles. The average Bonchev–Trinajstić information content (AvgIpc) is 3.53. The van der Waals surface area contributed by atoms with Gasteiger partial charge in [0, 0.05) is 54.5 Å². The van der Waals surface area contributed by atoms with Crippen LogP contribution in [0.15, 0.2) is 72.9 Å². The Hall–Kier alpha value is -4.62. The quantitative estimate of drug-likeness (QED) is 0.102. The number of ether oxygens (including phenoxy) is 3. The van der Waals surface area contributed by atoms with Gasteiger partial charge in [0.1, 0.15) is 6.10 Å². The van der Waals surface area contributed by atoms with Gasteiger partial charge in [0.05, 0.1) is 30.6 Å². The summed E-state index contributed by atoms with van der Waals surface area (Å²) in [5, 5.41) is 23.5. The van der Waals surface area contributed by atoms with Crippen molar-refractivity contribution >= 4 is 22.6 Å². The first kappa shape index (κ1) is 34.3. The number of nitro benzene ring substituents is 1. The van der Waals surface area contributed by atoms with E-state index in [2.05, 4.69) is 0 Å². The second-order valence-corrected chi connectivity index (χ2v) is 12.7. The van der Waals surface area contributed by atoms with Crippen molar-refractivity contribution in [2.75, 3.05) is 20.3 Å². The largest absolute Gasteiger partial charge is 0.493 e. The molecule has 49 heavy (non-hydrogen) atoms. The predicted molar refractivity (Wildman–Crippen MR) is 175 cm³/mol. The molecular weight excluding hydrogens is 643 g/mol. The molecule has 2 aliphatic rings. The number of hydrogen-bond acceptors (Lipinski definition) is 8. The maximum absolute atomic E-state index is 15.1. The molecule has 2 bridgehead atoms. The lowest BCUT2D eigenvalue weighted by atomic mass is 9.89. The number of methoxy groups -OCH3 is 1. The molecule has 4 atom stereocenters. The molecule has 1 N–H and O–H groups in total. The minimum Gasteiger partial charge on any atom is -0.493 e. The predicted octanol–water partition coefficient (Wildman–Crippen LogP) is 6.54. The highest BCUT2D eigenvalue weighted by atomic mass is 19.4. The molecule has 3 aromatic carbocycles. The Morgan fingerprint density at radius 3 is 2.35 bits per heavy atom. The maximum Gasteiger partial charge on any atom is 0.422 e. The summed E-state index contributed by atoms with van der Waals surface area (Å²) < 4.78 is 63.8. The maximum atomic E-state index is 15.1. The van der Waals surface area contributed by atoms with Crippen molar-refractivity contribution in [3.05, 3.63) is 99.7 Å². The SMILES string of the molecule is CCOC(=O)Cc1ccc(OC2C[C@H]3CC[C@@H](C2)N3CC(O)(c2cn(Cc3ccccc3)c3cc([N+](=O)[O-])ccc23)C(F)(F)F)c(OC)c1. The fraction of sp³-hybridized carbons (Fsp3) is 0.417. The van der Waals surface area contributed by atoms with Crippen molar-refractivity contribution < 1.29 is 42.2 Å². The number of alkyl halides is 3. The number of aliphatic hydroxyl groups is 1. The number of carbonyl (C=O) groups excluding carboxylic acids is 1. The molecule has 3 heterocycles. The monoisotopic (exact) mass is 681 g/mol. The second-order valence-electron chi connectivity index (χ2n) is 12.7. The zero-order valence-electron chi connectivity index (χ0n) is 27.2. The van der Waals surface area contributed by atoms with E-state index in [1.165, 1.54) is 36.1 Å². The van der Waals surface area contributed by atoms with Crippen LogP contribution in [0.1, 0.15) is 49.3 Å². The van der Waals surface area contributed by atoms with Crippen molar-refractivity contribution in [3.63, 3.8) is 0 Å². The normalized spacial score (nSPS) is 20.6. The third kappa shape index (κ3) is 6.95. The Morgan fingerprint density at radius 2 is 1.71 bits per heavy atom. The van der Waals surface area contributed by atoms with Gasteiger partial charge >= 0.3 is 12.1 Å². The van der Waals surface area contributed by atoms with Gasteiger partial charge in [0.15, 0.2) is 11.5 Å². The van der Waals surface area contributed by atoms with Crippen LogP contribution >= 0.6 is 0 Å². The van der Waals surface area contributed by atoms with E-state index in [0.29, 0.717) is 42.7 Å². The first-order valence-electron chi connectivity index (χ1n) is 16.3. The van der Waals surface area contributed by atoms with Gasteiger partial charge in [-0.3, -0.25) is 19.8 Å². The Labute approximate surface area is 281 Å². The summed E-state index contributed by atoms with van der Waals surface area (Å²) in [6.07, 6.45) is -1.80. The van der Waals surface area contributed by atoms with Crippen LogP contribution in [-0.4, -0.2) is 70.1 Å². The molecule has 2 unspecified atom stereocenters. The lowest BCUT2D eigenvalue weighted by Gasteiger charge is -2.43. The van der Waals surface area contributed by atoms with Gasteiger partial charge in [-0.1, -0.05) is 36.4 Å². The lowest BCUT2D eigenvalue weighted by Crippen LogP contribution is -2.56. The molecule has 260 valence electrons. The molecule has 13 heteroatoms. The van der Waals surface area contributed by atoms with Crippen molar-refractivity contribution in [1.29, 1.82) is 0 Å². The second kappa shape index (κ2) is 13.7. The van der Waals surface area contributed by atoms with Crippen LogP contribution in [0.4, 0.5) is 18.9 Å². The molecule has 0 radical (unpaired) electrons. The van der Waals surface area contributed by atoms with E-state index in [9.17, 15) is 20.0 Å². The number of fused-ring (bicyclic) bond motifs is 3. The Morgan fingerprint density at radius 1 is 1.00 bits per heavy atom. The lowest BCUT2D eigenvalue weighted by molar-refractivity contribution is -0.384. The highest BCUT2D eigenvalue weighted by molar-refractivity contribution is 5.87. The van der Waals surface area contributed by atoms with Crippen molar-refractivity contribution in [2.24, 2.45) is 0 Å². The Balaban J connectivity index is 1.26. The van der Waals surface area contributed by atoms with E-state index in [1.54, 1.807) is 42.2 Å². The minimum atomic E-state index is -5.05. The Bertz CT molecular complexity index is 1820. The van der Waals surface area contributed by atoms with E-state index < -0.39 is 23.2 Å². The van der Waals surface area contributed by atoms with E-state index >= 15 is 13.2 Å². The highest BCUT2D eigenvalue weighted by Gasteiger charge is 2.59. The van der Waals surface area contributed by atoms with Gasteiger partial charge in [-0.05, 0) is 61.9 Å². The molecule has 0 spiro atoms. The number of piperidine rings is 1. The molecule has 1 aromatic heterocycles. The van der Waals surface area contributed by atoms with Crippen LogP contribution in [0, 0.1) is 10.1 Å². The summed E-state index contributed by atoms with van der Waals surface area (Å²) in [4.78, 5) is 24.7. The third-order valence-electron chi connectivity index (χ3n) is 9.61. The van der Waals surface area contributed by atoms with Crippen LogP contribution in [0.2, 0.25) is 0 Å².